The van der Waals surface area contributed by atoms with Gasteiger partial charge >= 0.3 is 5.97 Å². The molecule has 0 bridgehead atoms. The average Bonchev–Trinajstić information content (AvgIpc) is 3.02. The van der Waals surface area contributed by atoms with Gasteiger partial charge in [0.2, 0.25) is 0 Å². The molecule has 0 amide bonds. The average molecular weight is 629 g/mol. The molecule has 45 heavy (non-hydrogen) atoms. The summed E-state index contributed by atoms with van der Waals surface area (Å²) in [6, 6.07) is 0. The van der Waals surface area contributed by atoms with E-state index in [2.05, 4.69) is 45.9 Å². The predicted octanol–water partition coefficient (Wildman–Crippen LogP) is 13.6. The summed E-state index contributed by atoms with van der Waals surface area (Å²) in [4.78, 5) is 12.3. The van der Waals surface area contributed by atoms with Crippen LogP contribution < -0.4 is 0 Å². The maximum Gasteiger partial charge on any atom is 0.306 e. The Balaban J connectivity index is 1.83. The zero-order valence-corrected chi connectivity index (χ0v) is 30.7. The predicted molar refractivity (Wildman–Crippen MR) is 197 cm³/mol. The maximum absolute atomic E-state index is 12.3. The Bertz CT molecular complexity index is 773. The van der Waals surface area contributed by atoms with Crippen molar-refractivity contribution >= 4 is 5.97 Å². The molecule has 262 valence electrons. The first kappa shape index (κ1) is 41.7. The first-order valence-corrected chi connectivity index (χ1v) is 19.7. The number of carbonyl (C=O) groups is 1. The minimum atomic E-state index is 0.0196. The van der Waals surface area contributed by atoms with E-state index in [9.17, 15) is 4.79 Å². The van der Waals surface area contributed by atoms with Crippen molar-refractivity contribution in [2.75, 3.05) is 19.8 Å². The smallest absolute Gasteiger partial charge is 0.306 e. The Morgan fingerprint density at radius 1 is 0.711 bits per heavy atom. The van der Waals surface area contributed by atoms with Gasteiger partial charge in [0.05, 0.1) is 6.61 Å². The van der Waals surface area contributed by atoms with Crippen molar-refractivity contribution in [2.24, 2.45) is 5.92 Å². The molecule has 3 nitrogen and oxygen atoms in total. The van der Waals surface area contributed by atoms with Crippen LogP contribution in [0, 0.1) is 5.92 Å². The Hall–Kier alpha value is -1.35. The SMILES string of the molecule is CCCOCCCCCCCCCCCCCCCCCCCCOC(=O)CC1CC=C(CC/C=C(\C)CCC=C(C)C)CC1. The largest absolute Gasteiger partial charge is 0.466 e. The summed E-state index contributed by atoms with van der Waals surface area (Å²) < 4.78 is 11.1. The summed E-state index contributed by atoms with van der Waals surface area (Å²) >= 11 is 0. The van der Waals surface area contributed by atoms with Crippen molar-refractivity contribution in [3.63, 3.8) is 0 Å². The number of carbonyl (C=O) groups excluding carboxylic acids is 1. The second-order valence-electron chi connectivity index (χ2n) is 14.3. The van der Waals surface area contributed by atoms with E-state index in [0.717, 1.165) is 58.2 Å². The molecular weight excluding hydrogens is 552 g/mol. The van der Waals surface area contributed by atoms with E-state index < -0.39 is 0 Å². The van der Waals surface area contributed by atoms with Gasteiger partial charge in [-0.25, -0.2) is 0 Å². The number of esters is 1. The quantitative estimate of drug-likeness (QED) is 0.0435. The molecule has 0 N–H and O–H groups in total. The molecule has 1 rings (SSSR count). The molecule has 0 aromatic heterocycles. The highest BCUT2D eigenvalue weighted by Gasteiger charge is 2.18. The summed E-state index contributed by atoms with van der Waals surface area (Å²) in [7, 11) is 0. The summed E-state index contributed by atoms with van der Waals surface area (Å²) in [6.45, 7) is 11.3. The van der Waals surface area contributed by atoms with Crippen LogP contribution >= 0.6 is 0 Å². The molecular formula is C42H76O3. The standard InChI is InChI=1S/C42H76O3/c1-5-34-44-35-22-20-18-16-14-12-10-8-6-7-9-11-13-15-17-19-21-23-36-45-42(43)37-41-32-30-40(31-33-41)29-25-28-39(4)27-24-26-38(2)3/h26,28,30,41H,5-25,27,29,31-37H2,1-4H3/b39-28+. The molecule has 0 heterocycles. The van der Waals surface area contributed by atoms with Crippen molar-refractivity contribution in [3.05, 3.63) is 34.9 Å². The zero-order valence-electron chi connectivity index (χ0n) is 30.7. The van der Waals surface area contributed by atoms with Crippen molar-refractivity contribution < 1.29 is 14.3 Å². The Morgan fingerprint density at radius 3 is 1.73 bits per heavy atom. The van der Waals surface area contributed by atoms with Gasteiger partial charge < -0.3 is 9.47 Å². The lowest BCUT2D eigenvalue weighted by molar-refractivity contribution is -0.145. The van der Waals surface area contributed by atoms with Crippen LogP contribution in [0.15, 0.2) is 34.9 Å². The molecule has 0 radical (unpaired) electrons. The van der Waals surface area contributed by atoms with Crippen molar-refractivity contribution in [1.29, 1.82) is 0 Å². The summed E-state index contributed by atoms with van der Waals surface area (Å²) in [6.07, 6.45) is 41.3. The Kier molecular flexibility index (Phi) is 28.9. The number of hydrogen-bond acceptors (Lipinski definition) is 3. The molecule has 1 unspecified atom stereocenters. The molecule has 1 aliphatic carbocycles. The Morgan fingerprint density at radius 2 is 1.24 bits per heavy atom. The number of unbranched alkanes of at least 4 members (excludes halogenated alkanes) is 17. The summed E-state index contributed by atoms with van der Waals surface area (Å²) in [5, 5.41) is 0. The maximum atomic E-state index is 12.3. The van der Waals surface area contributed by atoms with Crippen LogP contribution in [0.5, 0.6) is 0 Å². The molecule has 0 saturated carbocycles. The van der Waals surface area contributed by atoms with Gasteiger partial charge in [0.25, 0.3) is 0 Å². The van der Waals surface area contributed by atoms with Crippen molar-refractivity contribution in [2.45, 2.75) is 201 Å². The van der Waals surface area contributed by atoms with Crippen molar-refractivity contribution in [3.8, 4) is 0 Å². The van der Waals surface area contributed by atoms with Gasteiger partial charge in [0.15, 0.2) is 0 Å². The van der Waals surface area contributed by atoms with E-state index in [4.69, 9.17) is 9.47 Å². The minimum Gasteiger partial charge on any atom is -0.466 e. The van der Waals surface area contributed by atoms with Gasteiger partial charge in [-0.05, 0) is 90.9 Å². The molecule has 0 aromatic carbocycles. The van der Waals surface area contributed by atoms with Gasteiger partial charge in [0, 0.05) is 19.6 Å². The van der Waals surface area contributed by atoms with E-state index in [1.807, 2.05) is 0 Å². The van der Waals surface area contributed by atoms with E-state index in [-0.39, 0.29) is 5.97 Å². The van der Waals surface area contributed by atoms with Gasteiger partial charge in [0.1, 0.15) is 0 Å². The van der Waals surface area contributed by atoms with Crippen LogP contribution in [0.1, 0.15) is 201 Å². The highest BCUT2D eigenvalue weighted by molar-refractivity contribution is 5.69. The van der Waals surface area contributed by atoms with E-state index in [1.165, 1.54) is 133 Å². The second-order valence-corrected chi connectivity index (χ2v) is 14.3. The van der Waals surface area contributed by atoms with Crippen LogP contribution in [0.2, 0.25) is 0 Å². The highest BCUT2D eigenvalue weighted by atomic mass is 16.5. The number of ether oxygens (including phenoxy) is 2. The molecule has 0 fully saturated rings. The molecule has 0 saturated heterocycles. The van der Waals surface area contributed by atoms with Crippen LogP contribution in [-0.4, -0.2) is 25.8 Å². The Labute approximate surface area is 281 Å². The lowest BCUT2D eigenvalue weighted by Gasteiger charge is -2.21. The van der Waals surface area contributed by atoms with Crippen LogP contribution in [0.25, 0.3) is 0 Å². The van der Waals surface area contributed by atoms with Gasteiger partial charge in [-0.2, -0.15) is 0 Å². The minimum absolute atomic E-state index is 0.0196. The van der Waals surface area contributed by atoms with E-state index in [1.54, 1.807) is 5.57 Å². The highest BCUT2D eigenvalue weighted by Crippen LogP contribution is 2.29. The fraction of sp³-hybridized carbons (Fsp3) is 0.833. The lowest BCUT2D eigenvalue weighted by atomic mass is 9.86. The first-order valence-electron chi connectivity index (χ1n) is 19.7. The van der Waals surface area contributed by atoms with Crippen LogP contribution in [0.4, 0.5) is 0 Å². The van der Waals surface area contributed by atoms with Crippen molar-refractivity contribution in [1.82, 2.24) is 0 Å². The third-order valence-electron chi connectivity index (χ3n) is 9.41. The summed E-state index contributed by atoms with van der Waals surface area (Å²) in [5.41, 5.74) is 4.50. The topological polar surface area (TPSA) is 35.5 Å². The lowest BCUT2D eigenvalue weighted by Crippen LogP contribution is -2.14. The number of rotatable bonds is 31. The molecule has 1 atom stereocenters. The molecule has 0 aromatic rings. The monoisotopic (exact) mass is 629 g/mol. The van der Waals surface area contributed by atoms with E-state index in [0.29, 0.717) is 18.9 Å². The van der Waals surface area contributed by atoms with Gasteiger partial charge in [-0.3, -0.25) is 4.79 Å². The fourth-order valence-corrected chi connectivity index (χ4v) is 6.41. The second kappa shape index (κ2) is 31.3. The van der Waals surface area contributed by atoms with Crippen LogP contribution in [-0.2, 0) is 14.3 Å². The number of allylic oxidation sites excluding steroid dienone is 6. The van der Waals surface area contributed by atoms with Gasteiger partial charge in [-0.1, -0.05) is 145 Å². The van der Waals surface area contributed by atoms with Gasteiger partial charge in [-0.15, -0.1) is 0 Å². The number of hydrogen-bond donors (Lipinski definition) is 0. The van der Waals surface area contributed by atoms with Crippen LogP contribution in [0.3, 0.4) is 0 Å². The van der Waals surface area contributed by atoms with E-state index >= 15 is 0 Å². The summed E-state index contributed by atoms with van der Waals surface area (Å²) in [5.74, 6) is 0.495. The molecule has 3 heteroatoms. The third-order valence-corrected chi connectivity index (χ3v) is 9.41. The molecule has 1 aliphatic rings. The third kappa shape index (κ3) is 28.6. The molecule has 0 aliphatic heterocycles. The fourth-order valence-electron chi connectivity index (χ4n) is 6.41. The zero-order chi connectivity index (χ0) is 32.6. The molecule has 0 spiro atoms. The normalized spacial score (nSPS) is 15.2. The first-order chi connectivity index (χ1) is 22.0.